The van der Waals surface area contributed by atoms with Crippen molar-refractivity contribution < 1.29 is 10.4 Å². The second kappa shape index (κ2) is 5.53. The first-order valence-corrected chi connectivity index (χ1v) is 6.12. The summed E-state index contributed by atoms with van der Waals surface area (Å²) in [4.78, 5) is 1.69. The number of hydrogen-bond acceptors (Lipinski definition) is 3. The van der Waals surface area contributed by atoms with E-state index in [1.165, 1.54) is 11.8 Å². The Labute approximate surface area is 108 Å². The van der Waals surface area contributed by atoms with E-state index in [9.17, 15) is 5.21 Å². The van der Waals surface area contributed by atoms with E-state index in [0.717, 1.165) is 9.79 Å². The molecule has 0 aliphatic rings. The van der Waals surface area contributed by atoms with Crippen molar-refractivity contribution in [2.45, 2.75) is 9.79 Å². The molecule has 17 heavy (non-hydrogen) atoms. The average molecular weight is 268 g/mol. The van der Waals surface area contributed by atoms with Gasteiger partial charge in [-0.2, -0.15) is 5.23 Å². The van der Waals surface area contributed by atoms with Gasteiger partial charge in [-0.05, 0) is 30.3 Å². The van der Waals surface area contributed by atoms with Crippen molar-refractivity contribution in [2.24, 2.45) is 0 Å². The number of rotatable bonds is 3. The molecule has 2 aromatic rings. The number of para-hydroxylation sites is 1. The standard InChI is InChI=1S/C12H10ClNO2S/c13-9-5-7-10(8-6-9)17-12-4-2-1-3-11(12)14(15)16/h1-8,14-15H. The topological polar surface area (TPSA) is 47.7 Å². The van der Waals surface area contributed by atoms with Gasteiger partial charge in [0.15, 0.2) is 5.69 Å². The summed E-state index contributed by atoms with van der Waals surface area (Å²) >= 11 is 7.20. The van der Waals surface area contributed by atoms with Crippen LogP contribution in [-0.4, -0.2) is 5.21 Å². The highest BCUT2D eigenvalue weighted by Crippen LogP contribution is 2.32. The number of benzene rings is 2. The van der Waals surface area contributed by atoms with Crippen molar-refractivity contribution in [3.05, 3.63) is 58.8 Å². The Morgan fingerprint density at radius 3 is 2.35 bits per heavy atom. The van der Waals surface area contributed by atoms with E-state index in [1.807, 2.05) is 18.2 Å². The summed E-state index contributed by atoms with van der Waals surface area (Å²) in [6, 6.07) is 14.2. The first kappa shape index (κ1) is 12.4. The Hall–Kier alpha value is -1.04. The maximum Gasteiger partial charge on any atom is 0.177 e. The molecule has 2 N–H and O–H groups in total. The Morgan fingerprint density at radius 1 is 1.06 bits per heavy atom. The molecule has 0 aliphatic carbocycles. The molecule has 0 spiro atoms. The van der Waals surface area contributed by atoms with Crippen LogP contribution in [0.1, 0.15) is 0 Å². The number of halogens is 1. The normalized spacial score (nSPS) is 12.4. The fourth-order valence-corrected chi connectivity index (χ4v) is 2.43. The molecule has 0 amide bonds. The molecule has 1 atom stereocenters. The predicted molar refractivity (Wildman–Crippen MR) is 67.8 cm³/mol. The fraction of sp³-hybridized carbons (Fsp3) is 0. The molecule has 2 rings (SSSR count). The monoisotopic (exact) mass is 267 g/mol. The van der Waals surface area contributed by atoms with Crippen molar-refractivity contribution in [1.82, 2.24) is 0 Å². The molecule has 0 saturated heterocycles. The summed E-state index contributed by atoms with van der Waals surface area (Å²) in [5.74, 6) is 0. The van der Waals surface area contributed by atoms with Crippen LogP contribution in [0.15, 0.2) is 58.3 Å². The summed E-state index contributed by atoms with van der Waals surface area (Å²) in [5, 5.41) is 19.8. The summed E-state index contributed by atoms with van der Waals surface area (Å²) < 4.78 is 0. The first-order chi connectivity index (χ1) is 8.16. The maximum absolute atomic E-state index is 11.0. The molecular weight excluding hydrogens is 258 g/mol. The summed E-state index contributed by atoms with van der Waals surface area (Å²) in [6.07, 6.45) is 0. The summed E-state index contributed by atoms with van der Waals surface area (Å²) in [6.45, 7) is 0. The zero-order valence-electron chi connectivity index (χ0n) is 8.76. The van der Waals surface area contributed by atoms with Crippen LogP contribution in [0.2, 0.25) is 5.02 Å². The Balaban J connectivity index is 2.26. The maximum atomic E-state index is 11.0. The molecule has 0 aliphatic heterocycles. The third-order valence-electron chi connectivity index (χ3n) is 2.16. The largest absolute Gasteiger partial charge is 0.595 e. The van der Waals surface area contributed by atoms with Crippen LogP contribution in [-0.2, 0) is 0 Å². The molecule has 0 heterocycles. The minimum absolute atomic E-state index is 0.312. The molecule has 5 heteroatoms. The molecule has 1 unspecified atom stereocenters. The zero-order valence-corrected chi connectivity index (χ0v) is 10.3. The second-order valence-corrected chi connectivity index (χ2v) is 4.91. The molecule has 0 saturated carbocycles. The number of quaternary nitrogens is 1. The summed E-state index contributed by atoms with van der Waals surface area (Å²) in [5.41, 5.74) is 0.312. The van der Waals surface area contributed by atoms with Gasteiger partial charge in [0.1, 0.15) is 0 Å². The molecule has 88 valence electrons. The highest BCUT2D eigenvalue weighted by molar-refractivity contribution is 7.99. The van der Waals surface area contributed by atoms with E-state index in [2.05, 4.69) is 0 Å². The SMILES string of the molecule is [O-][NH+](O)c1ccccc1Sc1ccc(Cl)cc1. The lowest BCUT2D eigenvalue weighted by molar-refractivity contribution is -0.992. The van der Waals surface area contributed by atoms with Gasteiger partial charge in [0, 0.05) is 16.0 Å². The molecule has 3 nitrogen and oxygen atoms in total. The van der Waals surface area contributed by atoms with Crippen LogP contribution in [0.25, 0.3) is 0 Å². The van der Waals surface area contributed by atoms with Crippen LogP contribution < -0.4 is 5.23 Å². The van der Waals surface area contributed by atoms with Crippen LogP contribution >= 0.6 is 23.4 Å². The molecule has 0 radical (unpaired) electrons. The fourth-order valence-electron chi connectivity index (χ4n) is 1.36. The van der Waals surface area contributed by atoms with Crippen molar-refractivity contribution >= 4 is 29.1 Å². The van der Waals surface area contributed by atoms with Crippen molar-refractivity contribution in [3.8, 4) is 0 Å². The smallest absolute Gasteiger partial charge is 0.177 e. The van der Waals surface area contributed by atoms with Crippen molar-refractivity contribution in [1.29, 1.82) is 0 Å². The predicted octanol–water partition coefficient (Wildman–Crippen LogP) is 2.89. The van der Waals surface area contributed by atoms with Crippen LogP contribution in [0.3, 0.4) is 0 Å². The Morgan fingerprint density at radius 2 is 1.71 bits per heavy atom. The minimum Gasteiger partial charge on any atom is -0.595 e. The molecule has 0 bridgehead atoms. The minimum atomic E-state index is -0.915. The van der Waals surface area contributed by atoms with Crippen LogP contribution in [0.4, 0.5) is 5.69 Å². The van der Waals surface area contributed by atoms with Gasteiger partial charge in [-0.15, -0.1) is 0 Å². The molecule has 0 fully saturated rings. The van der Waals surface area contributed by atoms with Gasteiger partial charge in [0.05, 0.1) is 4.90 Å². The van der Waals surface area contributed by atoms with E-state index < -0.39 is 5.23 Å². The van der Waals surface area contributed by atoms with Crippen LogP contribution in [0.5, 0.6) is 0 Å². The molecule has 0 aromatic heterocycles. The van der Waals surface area contributed by atoms with Gasteiger partial charge in [0.2, 0.25) is 0 Å². The summed E-state index contributed by atoms with van der Waals surface area (Å²) in [7, 11) is 0. The quantitative estimate of drug-likeness (QED) is 0.841. The van der Waals surface area contributed by atoms with Gasteiger partial charge >= 0.3 is 0 Å². The van der Waals surface area contributed by atoms with Gasteiger partial charge in [-0.1, -0.05) is 35.5 Å². The number of hydrogen-bond donors (Lipinski definition) is 2. The lowest BCUT2D eigenvalue weighted by Crippen LogP contribution is -2.99. The van der Waals surface area contributed by atoms with Gasteiger partial charge in [0.25, 0.3) is 0 Å². The average Bonchev–Trinajstić information content (AvgIpc) is 2.32. The van der Waals surface area contributed by atoms with Gasteiger partial charge < -0.3 is 5.21 Å². The lowest BCUT2D eigenvalue weighted by Gasteiger charge is -2.14. The van der Waals surface area contributed by atoms with E-state index >= 15 is 0 Å². The highest BCUT2D eigenvalue weighted by atomic mass is 35.5. The van der Waals surface area contributed by atoms with Gasteiger partial charge in [-0.3, -0.25) is 0 Å². The third-order valence-corrected chi connectivity index (χ3v) is 3.49. The van der Waals surface area contributed by atoms with Gasteiger partial charge in [-0.25, -0.2) is 5.21 Å². The van der Waals surface area contributed by atoms with Crippen molar-refractivity contribution in [3.63, 3.8) is 0 Å². The first-order valence-electron chi connectivity index (χ1n) is 4.92. The third kappa shape index (κ3) is 3.21. The number of nitrogens with one attached hydrogen (secondary N) is 1. The lowest BCUT2D eigenvalue weighted by atomic mass is 10.3. The van der Waals surface area contributed by atoms with Crippen molar-refractivity contribution in [2.75, 3.05) is 0 Å². The van der Waals surface area contributed by atoms with Crippen LogP contribution in [0, 0.1) is 5.21 Å². The van der Waals surface area contributed by atoms with E-state index in [4.69, 9.17) is 16.8 Å². The Bertz CT molecular complexity index is 502. The molecular formula is C12H10ClNO2S. The molecule has 2 aromatic carbocycles. The Kier molecular flexibility index (Phi) is 4.04. The zero-order chi connectivity index (χ0) is 12.3. The van der Waals surface area contributed by atoms with E-state index in [0.29, 0.717) is 10.7 Å². The second-order valence-electron chi connectivity index (χ2n) is 3.36. The van der Waals surface area contributed by atoms with E-state index in [1.54, 1.807) is 30.3 Å². The highest BCUT2D eigenvalue weighted by Gasteiger charge is 2.09. The van der Waals surface area contributed by atoms with E-state index in [-0.39, 0.29) is 0 Å².